The van der Waals surface area contributed by atoms with Crippen molar-refractivity contribution in [2.24, 2.45) is 0 Å². The zero-order valence-electron chi connectivity index (χ0n) is 18.2. The number of hydrogen-bond donors (Lipinski definition) is 3. The topological polar surface area (TPSA) is 73.8 Å². The van der Waals surface area contributed by atoms with E-state index in [-0.39, 0.29) is 11.2 Å². The lowest BCUT2D eigenvalue weighted by molar-refractivity contribution is 0.448. The standard InChI is InChI=1S/C25H23Cl3N4O/c1-25(2,14-30-13-15-3-5-18(26)20(28)11-15)24-31-22(16-7-9-29-10-8-16)23(32-24)17-4-6-19(27)21(33)12-17/h3-12,30,33H,13-14H2,1-2H3,(H,31,32). The molecule has 0 saturated carbocycles. The number of aromatic hydroxyl groups is 1. The van der Waals surface area contributed by atoms with Crippen LogP contribution in [0.4, 0.5) is 0 Å². The Kier molecular flexibility index (Phi) is 6.96. The van der Waals surface area contributed by atoms with Crippen LogP contribution in [0.1, 0.15) is 25.2 Å². The fourth-order valence-corrected chi connectivity index (χ4v) is 3.98. The van der Waals surface area contributed by atoms with Gasteiger partial charge in [0, 0.05) is 42.0 Å². The monoisotopic (exact) mass is 500 g/mol. The van der Waals surface area contributed by atoms with Gasteiger partial charge < -0.3 is 15.4 Å². The summed E-state index contributed by atoms with van der Waals surface area (Å²) in [5.74, 6) is 0.835. The molecule has 0 bridgehead atoms. The molecule has 0 spiro atoms. The second-order valence-electron chi connectivity index (χ2n) is 8.45. The van der Waals surface area contributed by atoms with Crippen LogP contribution in [0.2, 0.25) is 15.1 Å². The van der Waals surface area contributed by atoms with Crippen molar-refractivity contribution in [3.8, 4) is 28.3 Å². The van der Waals surface area contributed by atoms with Gasteiger partial charge in [-0.3, -0.25) is 4.98 Å². The fraction of sp³-hybridized carbons (Fsp3) is 0.200. The van der Waals surface area contributed by atoms with E-state index in [0.29, 0.717) is 28.2 Å². The number of nitrogens with one attached hydrogen (secondary N) is 2. The van der Waals surface area contributed by atoms with Gasteiger partial charge in [-0.1, -0.05) is 60.8 Å². The molecule has 4 rings (SSSR count). The second kappa shape index (κ2) is 9.74. The third-order valence-corrected chi connectivity index (χ3v) is 6.47. The van der Waals surface area contributed by atoms with E-state index in [0.717, 1.165) is 33.9 Å². The Hall–Kier alpha value is -2.57. The van der Waals surface area contributed by atoms with Crippen molar-refractivity contribution in [2.45, 2.75) is 25.8 Å². The molecule has 33 heavy (non-hydrogen) atoms. The molecule has 4 aromatic rings. The average Bonchev–Trinajstić information content (AvgIpc) is 3.25. The van der Waals surface area contributed by atoms with Gasteiger partial charge in [0.1, 0.15) is 11.6 Å². The van der Waals surface area contributed by atoms with Crippen LogP contribution >= 0.6 is 34.8 Å². The first-order valence-corrected chi connectivity index (χ1v) is 11.5. The van der Waals surface area contributed by atoms with E-state index in [1.54, 1.807) is 30.6 Å². The quantitative estimate of drug-likeness (QED) is 0.258. The number of halogens is 3. The highest BCUT2D eigenvalue weighted by Crippen LogP contribution is 2.36. The number of benzene rings is 2. The molecule has 3 N–H and O–H groups in total. The SMILES string of the molecule is CC(C)(CNCc1ccc(Cl)c(Cl)c1)c1nc(-c2ccc(Cl)c(O)c2)c(-c2ccncc2)[nH]1. The number of pyridine rings is 1. The van der Waals surface area contributed by atoms with Gasteiger partial charge in [0.25, 0.3) is 0 Å². The molecule has 0 aliphatic carbocycles. The molecule has 0 amide bonds. The van der Waals surface area contributed by atoms with Crippen molar-refractivity contribution in [1.29, 1.82) is 0 Å². The summed E-state index contributed by atoms with van der Waals surface area (Å²) < 4.78 is 0. The van der Waals surface area contributed by atoms with Gasteiger partial charge in [-0.15, -0.1) is 0 Å². The van der Waals surface area contributed by atoms with Crippen LogP contribution in [0.25, 0.3) is 22.5 Å². The van der Waals surface area contributed by atoms with Crippen LogP contribution < -0.4 is 5.32 Å². The smallest absolute Gasteiger partial charge is 0.134 e. The van der Waals surface area contributed by atoms with Gasteiger partial charge in [-0.05, 0) is 42.0 Å². The number of H-pyrrole nitrogens is 1. The number of rotatable bonds is 7. The molecule has 0 atom stereocenters. The van der Waals surface area contributed by atoms with E-state index in [4.69, 9.17) is 39.8 Å². The van der Waals surface area contributed by atoms with E-state index in [1.165, 1.54) is 0 Å². The molecule has 0 aliphatic rings. The molecule has 0 fully saturated rings. The zero-order chi connectivity index (χ0) is 23.6. The van der Waals surface area contributed by atoms with Crippen molar-refractivity contribution in [3.05, 3.63) is 87.4 Å². The molecule has 0 saturated heterocycles. The number of phenols is 1. The largest absolute Gasteiger partial charge is 0.506 e. The lowest BCUT2D eigenvalue weighted by Crippen LogP contribution is -2.33. The van der Waals surface area contributed by atoms with E-state index in [1.807, 2.05) is 30.3 Å². The first kappa shape index (κ1) is 23.6. The minimum absolute atomic E-state index is 0.0157. The van der Waals surface area contributed by atoms with Crippen LogP contribution in [0.3, 0.4) is 0 Å². The van der Waals surface area contributed by atoms with E-state index in [9.17, 15) is 5.11 Å². The Morgan fingerprint density at radius 1 is 0.909 bits per heavy atom. The third kappa shape index (κ3) is 5.33. The number of aromatic amines is 1. The Morgan fingerprint density at radius 2 is 1.64 bits per heavy atom. The summed E-state index contributed by atoms with van der Waals surface area (Å²) >= 11 is 18.2. The van der Waals surface area contributed by atoms with Crippen molar-refractivity contribution >= 4 is 34.8 Å². The van der Waals surface area contributed by atoms with Gasteiger partial charge in [0.15, 0.2) is 0 Å². The maximum Gasteiger partial charge on any atom is 0.134 e. The second-order valence-corrected chi connectivity index (χ2v) is 9.67. The van der Waals surface area contributed by atoms with Gasteiger partial charge in [-0.2, -0.15) is 0 Å². The minimum Gasteiger partial charge on any atom is -0.506 e. The highest BCUT2D eigenvalue weighted by atomic mass is 35.5. The Morgan fingerprint density at radius 3 is 2.33 bits per heavy atom. The Bertz CT molecular complexity index is 1270. The Balaban J connectivity index is 1.62. The molecule has 2 aromatic heterocycles. The van der Waals surface area contributed by atoms with Crippen LogP contribution in [-0.2, 0) is 12.0 Å². The predicted molar refractivity (Wildman–Crippen MR) is 135 cm³/mol. The van der Waals surface area contributed by atoms with Crippen molar-refractivity contribution in [2.75, 3.05) is 6.54 Å². The lowest BCUT2D eigenvalue weighted by Gasteiger charge is -2.23. The summed E-state index contributed by atoms with van der Waals surface area (Å²) in [5.41, 5.74) is 4.05. The average molecular weight is 502 g/mol. The molecule has 5 nitrogen and oxygen atoms in total. The molecule has 0 radical (unpaired) electrons. The van der Waals surface area contributed by atoms with Crippen LogP contribution in [-0.4, -0.2) is 26.6 Å². The maximum absolute atomic E-state index is 10.1. The van der Waals surface area contributed by atoms with Gasteiger partial charge in [0.05, 0.1) is 26.5 Å². The fourth-order valence-electron chi connectivity index (χ4n) is 3.54. The van der Waals surface area contributed by atoms with Gasteiger partial charge >= 0.3 is 0 Å². The molecule has 2 aromatic carbocycles. The first-order chi connectivity index (χ1) is 15.7. The van der Waals surface area contributed by atoms with Crippen LogP contribution in [0, 0.1) is 0 Å². The predicted octanol–water partition coefficient (Wildman–Crippen LogP) is 6.87. The summed E-state index contributed by atoms with van der Waals surface area (Å²) in [6.07, 6.45) is 3.48. The first-order valence-electron chi connectivity index (χ1n) is 10.4. The molecule has 0 unspecified atom stereocenters. The number of imidazole rings is 1. The molecule has 170 valence electrons. The van der Waals surface area contributed by atoms with Crippen molar-refractivity contribution in [1.82, 2.24) is 20.3 Å². The van der Waals surface area contributed by atoms with E-state index < -0.39 is 0 Å². The number of aromatic nitrogens is 3. The number of nitrogens with zero attached hydrogens (tertiary/aromatic N) is 2. The van der Waals surface area contributed by atoms with Crippen molar-refractivity contribution in [3.63, 3.8) is 0 Å². The van der Waals surface area contributed by atoms with E-state index in [2.05, 4.69) is 29.1 Å². The molecule has 2 heterocycles. The highest BCUT2D eigenvalue weighted by Gasteiger charge is 2.27. The summed E-state index contributed by atoms with van der Waals surface area (Å²) in [6.45, 7) is 5.55. The third-order valence-electron chi connectivity index (χ3n) is 5.41. The Labute approximate surface area is 207 Å². The molecule has 0 aliphatic heterocycles. The van der Waals surface area contributed by atoms with Crippen LogP contribution in [0.15, 0.2) is 60.9 Å². The molecular formula is C25H23Cl3N4O. The summed E-state index contributed by atoms with van der Waals surface area (Å²) in [6, 6.07) is 14.6. The molecule has 8 heteroatoms. The summed E-state index contributed by atoms with van der Waals surface area (Å²) in [7, 11) is 0. The number of phenolic OH excluding ortho intramolecular Hbond substituents is 1. The van der Waals surface area contributed by atoms with Crippen LogP contribution in [0.5, 0.6) is 5.75 Å². The normalized spacial score (nSPS) is 11.7. The molecular weight excluding hydrogens is 479 g/mol. The summed E-state index contributed by atoms with van der Waals surface area (Å²) in [4.78, 5) is 12.6. The summed E-state index contributed by atoms with van der Waals surface area (Å²) in [5, 5.41) is 15.0. The minimum atomic E-state index is -0.315. The lowest BCUT2D eigenvalue weighted by atomic mass is 9.92. The highest BCUT2D eigenvalue weighted by molar-refractivity contribution is 6.42. The maximum atomic E-state index is 10.1. The van der Waals surface area contributed by atoms with E-state index >= 15 is 0 Å². The van der Waals surface area contributed by atoms with Crippen molar-refractivity contribution < 1.29 is 5.11 Å². The van der Waals surface area contributed by atoms with Gasteiger partial charge in [0.2, 0.25) is 0 Å². The number of hydrogen-bond acceptors (Lipinski definition) is 4. The van der Waals surface area contributed by atoms with Gasteiger partial charge in [-0.25, -0.2) is 4.98 Å². The zero-order valence-corrected chi connectivity index (χ0v) is 20.4.